The van der Waals surface area contributed by atoms with Gasteiger partial charge in [-0.3, -0.25) is 19.6 Å². The van der Waals surface area contributed by atoms with Gasteiger partial charge >= 0.3 is 4.87 Å². The molecule has 60 heavy (non-hydrogen) atoms. The van der Waals surface area contributed by atoms with E-state index in [1.54, 1.807) is 28.8 Å². The van der Waals surface area contributed by atoms with Crippen LogP contribution in [0.4, 0.5) is 5.82 Å². The Morgan fingerprint density at radius 2 is 1.75 bits per heavy atom. The highest BCUT2D eigenvalue weighted by molar-refractivity contribution is 7.16. The molecule has 5 heterocycles. The van der Waals surface area contributed by atoms with E-state index in [9.17, 15) is 9.59 Å². The number of halogens is 1. The predicted molar refractivity (Wildman–Crippen MR) is 237 cm³/mol. The summed E-state index contributed by atoms with van der Waals surface area (Å²) in [7, 11) is 1.82. The molecule has 1 saturated heterocycles. The fourth-order valence-electron chi connectivity index (χ4n) is 8.45. The van der Waals surface area contributed by atoms with E-state index in [2.05, 4.69) is 75.0 Å². The van der Waals surface area contributed by atoms with Crippen molar-refractivity contribution in [3.8, 4) is 34.2 Å². The number of piperidine rings is 1. The van der Waals surface area contributed by atoms with Gasteiger partial charge < -0.3 is 19.5 Å². The third-order valence-electron chi connectivity index (χ3n) is 12.0. The Bertz CT molecular complexity index is 2780. The molecule has 4 aromatic heterocycles. The van der Waals surface area contributed by atoms with Crippen molar-refractivity contribution >= 4 is 55.7 Å². The molecular weight excluding hydrogens is 792 g/mol. The highest BCUT2D eigenvalue weighted by Gasteiger charge is 2.26. The highest BCUT2D eigenvalue weighted by atomic mass is 35.5. The van der Waals surface area contributed by atoms with Crippen molar-refractivity contribution < 1.29 is 9.53 Å². The zero-order valence-corrected chi connectivity index (χ0v) is 34.8. The maximum absolute atomic E-state index is 13.0. The largest absolute Gasteiger partial charge is 0.490 e. The number of nitrogens with one attached hydrogen (secondary N) is 1. The smallest absolute Gasteiger partial charge is 0.307 e. The summed E-state index contributed by atoms with van der Waals surface area (Å²) in [6, 6.07) is 29.7. The van der Waals surface area contributed by atoms with Crippen LogP contribution in [0.25, 0.3) is 43.4 Å². The van der Waals surface area contributed by atoms with Gasteiger partial charge in [0.05, 0.1) is 32.6 Å². The summed E-state index contributed by atoms with van der Waals surface area (Å²) < 4.78 is 8.78. The van der Waals surface area contributed by atoms with Crippen molar-refractivity contribution in [3.63, 3.8) is 0 Å². The third-order valence-corrected chi connectivity index (χ3v) is 13.3. The second kappa shape index (κ2) is 17.2. The van der Waals surface area contributed by atoms with Gasteiger partial charge in [-0.2, -0.15) is 5.26 Å². The molecule has 0 spiro atoms. The first kappa shape index (κ1) is 39.3. The van der Waals surface area contributed by atoms with Gasteiger partial charge in [-0.1, -0.05) is 47.2 Å². The molecule has 11 nitrogen and oxygen atoms in total. The van der Waals surface area contributed by atoms with Crippen molar-refractivity contribution in [2.24, 2.45) is 13.0 Å². The molecule has 2 aliphatic rings. The number of carbonyl (C=O) groups is 1. The second-order valence-corrected chi connectivity index (χ2v) is 17.2. The maximum Gasteiger partial charge on any atom is 0.307 e. The molecule has 0 bridgehead atoms. The number of anilines is 1. The number of hydrogen-bond acceptors (Lipinski definition) is 10. The number of aryl methyl sites for hydroxylation is 2. The van der Waals surface area contributed by atoms with Gasteiger partial charge in [0.15, 0.2) is 11.5 Å². The maximum atomic E-state index is 13.0. The molecule has 9 rings (SSSR count). The van der Waals surface area contributed by atoms with Crippen LogP contribution in [0.3, 0.4) is 0 Å². The van der Waals surface area contributed by atoms with Crippen LogP contribution < -0.4 is 19.8 Å². The number of hydrogen-bond donors (Lipinski definition) is 1. The minimum atomic E-state index is -0.208. The lowest BCUT2D eigenvalue weighted by Gasteiger charge is -2.32. The van der Waals surface area contributed by atoms with E-state index < -0.39 is 0 Å². The van der Waals surface area contributed by atoms with Gasteiger partial charge in [0.1, 0.15) is 11.8 Å². The van der Waals surface area contributed by atoms with Crippen molar-refractivity contribution in [2.75, 3.05) is 18.0 Å². The van der Waals surface area contributed by atoms with E-state index in [4.69, 9.17) is 31.6 Å². The van der Waals surface area contributed by atoms with Crippen LogP contribution >= 0.6 is 22.9 Å². The molecule has 1 amide bonds. The van der Waals surface area contributed by atoms with Gasteiger partial charge in [0.2, 0.25) is 0 Å². The normalized spacial score (nSPS) is 17.1. The lowest BCUT2D eigenvalue weighted by molar-refractivity contribution is 0.0888. The van der Waals surface area contributed by atoms with Gasteiger partial charge in [-0.05, 0) is 128 Å². The monoisotopic (exact) mass is 834 g/mol. The third kappa shape index (κ3) is 8.46. The van der Waals surface area contributed by atoms with E-state index in [1.165, 1.54) is 11.3 Å². The number of ether oxygens (including phenoxy) is 1. The zero-order valence-electron chi connectivity index (χ0n) is 33.2. The number of nitriles is 1. The summed E-state index contributed by atoms with van der Waals surface area (Å²) >= 11 is 7.42. The lowest BCUT2D eigenvalue weighted by atomic mass is 9.91. The minimum Gasteiger partial charge on any atom is -0.490 e. The minimum absolute atomic E-state index is 0.0326. The standard InChI is InChI=1S/C47H43ClN8O3S/c1-55-43-24-31(8-17-44(43)60-47(55)58)38-4-2-3-30-23-42(51-28-39(30)38)33-6-10-34(50-27-33)9-5-29-19-21-56(22-20-29)45-18-16-41(53-54-45)46(57)52-35-11-14-36(15-12-35)59-37-13-7-32(26-49)40(48)25-37/h2-4,6-8,10,13,16-18,23-25,27-29,35-36H,5,9,11-12,14-15,19-22H2,1H3,(H,52,57). The van der Waals surface area contributed by atoms with E-state index in [0.717, 1.165) is 119 Å². The Hall–Kier alpha value is -6.16. The first-order valence-electron chi connectivity index (χ1n) is 20.5. The molecule has 1 aliphatic carbocycles. The molecule has 1 aliphatic heterocycles. The topological polar surface area (TPSA) is 139 Å². The molecule has 302 valence electrons. The number of aromatic nitrogens is 5. The number of carbonyl (C=O) groups excluding carboxylic acids is 1. The van der Waals surface area contributed by atoms with Crippen LogP contribution in [0.5, 0.6) is 5.75 Å². The summed E-state index contributed by atoms with van der Waals surface area (Å²) in [5.41, 5.74) is 6.78. The zero-order chi connectivity index (χ0) is 41.2. The molecular formula is C47H43ClN8O3S. The Kier molecular flexibility index (Phi) is 11.3. The number of fused-ring (bicyclic) bond motifs is 2. The highest BCUT2D eigenvalue weighted by Crippen LogP contribution is 2.33. The van der Waals surface area contributed by atoms with Crippen LogP contribution in [0.2, 0.25) is 5.02 Å². The van der Waals surface area contributed by atoms with Crippen LogP contribution in [-0.2, 0) is 13.5 Å². The van der Waals surface area contributed by atoms with Gasteiger partial charge in [-0.15, -0.1) is 10.2 Å². The van der Waals surface area contributed by atoms with Crippen molar-refractivity contribution in [3.05, 3.63) is 129 Å². The molecule has 0 radical (unpaired) electrons. The second-order valence-electron chi connectivity index (χ2n) is 15.8. The predicted octanol–water partition coefficient (Wildman–Crippen LogP) is 9.16. The number of nitrogens with zero attached hydrogens (tertiary/aromatic N) is 7. The van der Waals surface area contributed by atoms with Crippen molar-refractivity contribution in [1.29, 1.82) is 5.26 Å². The Balaban J connectivity index is 0.729. The summed E-state index contributed by atoms with van der Waals surface area (Å²) in [5.74, 6) is 1.85. The van der Waals surface area contributed by atoms with Gasteiger partial charge in [-0.25, -0.2) is 0 Å². The SMILES string of the molecule is Cn1c(=O)sc2ccc(-c3cccc4cc(-c5ccc(CCC6CCN(c7ccc(C(=O)NC8CCC(Oc9ccc(C#N)c(Cl)c9)CC8)nn7)CC6)nc5)ncc34)cc21. The average molecular weight is 835 g/mol. The quantitative estimate of drug-likeness (QED) is 0.143. The molecule has 1 N–H and O–H groups in total. The molecule has 1 saturated carbocycles. The van der Waals surface area contributed by atoms with E-state index in [0.29, 0.717) is 27.9 Å². The van der Waals surface area contributed by atoms with Crippen LogP contribution in [0.1, 0.15) is 66.7 Å². The fourth-order valence-corrected chi connectivity index (χ4v) is 9.53. The molecule has 0 atom stereocenters. The van der Waals surface area contributed by atoms with Crippen LogP contribution in [0.15, 0.2) is 102 Å². The summed E-state index contributed by atoms with van der Waals surface area (Å²) in [5, 5.41) is 23.5. The Labute approximate surface area is 356 Å². The molecule has 7 aromatic rings. The van der Waals surface area contributed by atoms with Crippen molar-refractivity contribution in [1.82, 2.24) is 30.0 Å². The summed E-state index contributed by atoms with van der Waals surface area (Å²) in [6.45, 7) is 1.80. The molecule has 13 heteroatoms. The molecule has 3 aromatic carbocycles. The first-order valence-corrected chi connectivity index (χ1v) is 21.7. The van der Waals surface area contributed by atoms with Gasteiger partial charge in [0.25, 0.3) is 5.91 Å². The molecule has 2 fully saturated rings. The number of benzene rings is 3. The van der Waals surface area contributed by atoms with E-state index in [-0.39, 0.29) is 22.9 Å². The van der Waals surface area contributed by atoms with E-state index in [1.807, 2.05) is 31.6 Å². The van der Waals surface area contributed by atoms with Gasteiger partial charge in [0, 0.05) is 61.3 Å². The average Bonchev–Trinajstić information content (AvgIpc) is 3.57. The lowest BCUT2D eigenvalue weighted by Crippen LogP contribution is -2.40. The Morgan fingerprint density at radius 1 is 0.917 bits per heavy atom. The molecule has 0 unspecified atom stereocenters. The summed E-state index contributed by atoms with van der Waals surface area (Å²) in [4.78, 5) is 37.2. The summed E-state index contributed by atoms with van der Waals surface area (Å²) in [6.07, 6.45) is 11.2. The number of amides is 1. The van der Waals surface area contributed by atoms with Crippen LogP contribution in [-0.4, -0.2) is 55.9 Å². The number of pyridine rings is 2. The number of rotatable bonds is 10. The van der Waals surface area contributed by atoms with Crippen molar-refractivity contribution in [2.45, 2.75) is 63.5 Å². The number of thiazole rings is 1. The fraction of sp³-hybridized carbons (Fsp3) is 0.298. The first-order chi connectivity index (χ1) is 29.3. The van der Waals surface area contributed by atoms with E-state index >= 15 is 0 Å². The Morgan fingerprint density at radius 3 is 2.50 bits per heavy atom. The van der Waals surface area contributed by atoms with Crippen LogP contribution in [0, 0.1) is 17.2 Å².